The Labute approximate surface area is 325 Å². The molecule has 262 valence electrons. The van der Waals surface area contributed by atoms with Crippen LogP contribution in [0.3, 0.4) is 0 Å². The molecule has 4 heteroatoms. The van der Waals surface area contributed by atoms with Crippen molar-refractivity contribution in [3.8, 4) is 22.3 Å². The standard InChI is InChI=1S/2C22H25.C2H6Si.2ClH.Zr/c2*1-5-16-13-18-11-12-19(15(3)4)22(21(18)14-16)20-10-8-7-9-17(20)6-2;1-3-2;;;/h2*7-15H,5-6H2,1-4H3;1-2H3;2*1H;/q2*-1;;;;+4/p-2. The van der Waals surface area contributed by atoms with Gasteiger partial charge in [-0.05, 0) is 59.8 Å². The molecule has 0 aliphatic heterocycles. The van der Waals surface area contributed by atoms with Crippen LogP contribution in [0.4, 0.5) is 0 Å². The van der Waals surface area contributed by atoms with E-state index in [1.807, 2.05) is 0 Å². The molecule has 0 saturated carbocycles. The number of benzene rings is 4. The van der Waals surface area contributed by atoms with Crippen molar-refractivity contribution in [3.05, 3.63) is 130 Å². The van der Waals surface area contributed by atoms with E-state index in [0.717, 1.165) is 35.2 Å². The molecule has 0 amide bonds. The van der Waals surface area contributed by atoms with Crippen LogP contribution in [0.25, 0.3) is 43.8 Å². The molecule has 6 aromatic rings. The first-order valence-electron chi connectivity index (χ1n) is 18.3. The van der Waals surface area contributed by atoms with Crippen molar-refractivity contribution in [3.63, 3.8) is 0 Å². The summed E-state index contributed by atoms with van der Waals surface area (Å²) in [6, 6.07) is 36.5. The Morgan fingerprint density at radius 1 is 0.560 bits per heavy atom. The van der Waals surface area contributed by atoms with Crippen molar-refractivity contribution < 1.29 is 20.8 Å². The van der Waals surface area contributed by atoms with E-state index in [-0.39, 0.29) is 0 Å². The summed E-state index contributed by atoms with van der Waals surface area (Å²) in [7, 11) is 11.0. The Morgan fingerprint density at radius 2 is 0.900 bits per heavy atom. The van der Waals surface area contributed by atoms with Crippen LogP contribution in [0.5, 0.6) is 0 Å². The van der Waals surface area contributed by atoms with Gasteiger partial charge in [0.1, 0.15) is 0 Å². The van der Waals surface area contributed by atoms with E-state index < -0.39 is 20.8 Å². The summed E-state index contributed by atoms with van der Waals surface area (Å²) in [6.07, 6.45) is 4.35. The van der Waals surface area contributed by atoms with E-state index in [1.165, 1.54) is 77.2 Å². The van der Waals surface area contributed by atoms with E-state index >= 15 is 0 Å². The molecule has 0 aliphatic rings. The van der Waals surface area contributed by atoms with E-state index in [9.17, 15) is 0 Å². The Morgan fingerprint density at radius 3 is 1.20 bits per heavy atom. The summed E-state index contributed by atoms with van der Waals surface area (Å²) in [5, 5.41) is 5.59. The summed E-state index contributed by atoms with van der Waals surface area (Å²) < 4.78 is 0. The van der Waals surface area contributed by atoms with Gasteiger partial charge in [0.15, 0.2) is 0 Å². The van der Waals surface area contributed by atoms with Gasteiger partial charge < -0.3 is 0 Å². The topological polar surface area (TPSA) is 0 Å². The van der Waals surface area contributed by atoms with E-state index in [1.54, 1.807) is 0 Å². The second-order valence-corrected chi connectivity index (χ2v) is 18.1. The van der Waals surface area contributed by atoms with E-state index in [0.29, 0.717) is 11.8 Å². The van der Waals surface area contributed by atoms with Gasteiger partial charge in [-0.25, -0.2) is 0 Å². The van der Waals surface area contributed by atoms with Gasteiger partial charge in [0.25, 0.3) is 0 Å². The number of rotatable bonds is 8. The molecule has 0 aliphatic carbocycles. The maximum atomic E-state index is 4.93. The van der Waals surface area contributed by atoms with Gasteiger partial charge in [0.05, 0.1) is 0 Å². The number of fused-ring (bicyclic) bond motifs is 2. The molecule has 0 N–H and O–H groups in total. The van der Waals surface area contributed by atoms with Gasteiger partial charge in [0, 0.05) is 9.52 Å². The van der Waals surface area contributed by atoms with Gasteiger partial charge in [-0.2, -0.15) is 12.1 Å². The third-order valence-electron chi connectivity index (χ3n) is 9.36. The van der Waals surface area contributed by atoms with Crippen molar-refractivity contribution in [2.75, 3.05) is 0 Å². The zero-order valence-electron chi connectivity index (χ0n) is 32.0. The Balaban J connectivity index is 0.000000234. The van der Waals surface area contributed by atoms with Crippen LogP contribution in [0.2, 0.25) is 13.1 Å². The third kappa shape index (κ3) is 10.4. The van der Waals surface area contributed by atoms with Crippen LogP contribution in [-0.4, -0.2) is 9.52 Å². The van der Waals surface area contributed by atoms with Crippen molar-refractivity contribution in [1.29, 1.82) is 0 Å². The monoisotopic (exact) mass is 796 g/mol. The van der Waals surface area contributed by atoms with Crippen molar-refractivity contribution >= 4 is 48.1 Å². The molecule has 0 nitrogen and oxygen atoms in total. The van der Waals surface area contributed by atoms with Gasteiger partial charge in [-0.15, -0.1) is 69.1 Å². The quantitative estimate of drug-likeness (QED) is 0.106. The first kappa shape index (κ1) is 42.2. The van der Waals surface area contributed by atoms with Crippen LogP contribution in [0.1, 0.15) is 101 Å². The molecular weight excluding hydrogens is 743 g/mol. The zero-order valence-corrected chi connectivity index (χ0v) is 36.9. The van der Waals surface area contributed by atoms with Crippen molar-refractivity contribution in [2.45, 2.75) is 106 Å². The third-order valence-corrected chi connectivity index (χ3v) is 9.36. The van der Waals surface area contributed by atoms with Crippen LogP contribution >= 0.6 is 17.0 Å². The summed E-state index contributed by atoms with van der Waals surface area (Å²) >= 11 is -0.826. The molecule has 0 heterocycles. The SMILES string of the molecule is CCc1cc2c(-c3ccccc3CC)c(C(C)C)ccc2[cH-]1.CCc1cc2c(-c3ccccc3CC)c(C(C)C)ccc2[cH-]1.C[Si]C.[Cl][Zr+2][Cl]. The van der Waals surface area contributed by atoms with Gasteiger partial charge in [0.2, 0.25) is 0 Å². The Hall–Kier alpha value is -2.22. The second-order valence-electron chi connectivity index (χ2n) is 13.4. The molecule has 0 saturated heterocycles. The van der Waals surface area contributed by atoms with Gasteiger partial charge in [-0.3, -0.25) is 0 Å². The molecule has 0 spiro atoms. The Bertz CT molecular complexity index is 1770. The van der Waals surface area contributed by atoms with Crippen LogP contribution in [0, 0.1) is 0 Å². The van der Waals surface area contributed by atoms with Crippen molar-refractivity contribution in [1.82, 2.24) is 0 Å². The average Bonchev–Trinajstić information content (AvgIpc) is 3.76. The van der Waals surface area contributed by atoms with Gasteiger partial charge in [-0.1, -0.05) is 139 Å². The predicted molar refractivity (Wildman–Crippen MR) is 225 cm³/mol. The Kier molecular flexibility index (Phi) is 18.0. The normalized spacial score (nSPS) is 10.7. The molecule has 0 aromatic heterocycles. The molecule has 0 unspecified atom stereocenters. The average molecular weight is 799 g/mol. The van der Waals surface area contributed by atoms with Crippen molar-refractivity contribution in [2.24, 2.45) is 0 Å². The van der Waals surface area contributed by atoms with E-state index in [4.69, 9.17) is 17.0 Å². The molecule has 0 fully saturated rings. The molecule has 6 rings (SSSR count). The minimum atomic E-state index is -0.826. The van der Waals surface area contributed by atoms with Crippen LogP contribution in [0.15, 0.2) is 97.1 Å². The molecule has 50 heavy (non-hydrogen) atoms. The molecule has 2 radical (unpaired) electrons. The summed E-state index contributed by atoms with van der Waals surface area (Å²) in [6.45, 7) is 22.4. The first-order chi connectivity index (χ1) is 24.1. The number of halogens is 2. The molecule has 6 aromatic carbocycles. The van der Waals surface area contributed by atoms with Crippen LogP contribution in [-0.2, 0) is 46.5 Å². The molecule has 0 atom stereocenters. The summed E-state index contributed by atoms with van der Waals surface area (Å²) in [5.74, 6) is 1.06. The number of aryl methyl sites for hydroxylation is 4. The minimum absolute atomic E-state index is 0.532. The zero-order chi connectivity index (χ0) is 36.8. The fraction of sp³-hybridized carbons (Fsp3) is 0.348. The molecular formula is C46H56Cl2SiZr. The van der Waals surface area contributed by atoms with Gasteiger partial charge >= 0.3 is 37.9 Å². The second kappa shape index (κ2) is 21.3. The fourth-order valence-electron chi connectivity index (χ4n) is 6.84. The van der Waals surface area contributed by atoms with Crippen LogP contribution < -0.4 is 0 Å². The fourth-order valence-corrected chi connectivity index (χ4v) is 6.84. The van der Waals surface area contributed by atoms with E-state index in [2.05, 4.69) is 166 Å². The summed E-state index contributed by atoms with van der Waals surface area (Å²) in [4.78, 5) is 0. The number of hydrogen-bond acceptors (Lipinski definition) is 0. The maximum absolute atomic E-state index is 4.93. The predicted octanol–water partition coefficient (Wildman–Crippen LogP) is 15.1. The first-order valence-corrected chi connectivity index (χ1v) is 26.6. The molecule has 0 bridgehead atoms. The number of hydrogen-bond donors (Lipinski definition) is 0. The summed E-state index contributed by atoms with van der Waals surface area (Å²) in [5.41, 5.74) is 14.4.